The molecule has 5 aliphatic carbocycles. The monoisotopic (exact) mass is 1770 g/mol. The summed E-state index contributed by atoms with van der Waals surface area (Å²) >= 11 is 0. The third-order valence-corrected chi connectivity index (χ3v) is 23.1. The molecule has 5 aliphatic rings. The molecule has 5 fully saturated rings. The predicted molar refractivity (Wildman–Crippen MR) is 476 cm³/mol. The maximum Gasteiger partial charge on any atom is 0.291 e. The Morgan fingerprint density at radius 2 is 0.588 bits per heavy atom. The molecule has 0 aliphatic heterocycles. The Labute approximate surface area is 746 Å². The molecule has 5 saturated carbocycles. The molecule has 131 heavy (non-hydrogen) atoms. The van der Waals surface area contributed by atoms with Gasteiger partial charge in [0.05, 0.1) is 141 Å². The standard InChI is InChI=1S/C24H24N6O2.3C22H22N6O3.2CH2O2/c31-24(22-11-10-21(32-22)16-13-26-29(14-16)17-5-3-6-17)27-20-15-30(18-7-4-8-18)28-23(20)19-9-1-2-12-25-19;3*29-16-6-4-15(5-7-16)28-13-18(21(27-28)17-3-1-2-10-23-17)26-22(30)20-9-8-19(31-20)14-11-24-25-12-14;2*2-1-3/h1-2,9-15,17-18H,3-8H2,(H,27,31);3*1-3,8-13,15-16,29H,4-7H2,(H,24,25)(H,26,30);2*1H,(H,2,3). The Hall–Kier alpha value is -15.9. The van der Waals surface area contributed by atoms with Gasteiger partial charge in [0, 0.05) is 74.4 Å². The normalized spacial score (nSPS) is 17.5. The molecule has 21 rings (SSSR count). The molecule has 0 unspecified atom stereocenters. The first-order chi connectivity index (χ1) is 64.1. The fourth-order valence-electron chi connectivity index (χ4n) is 15.7. The number of rotatable bonds is 21. The zero-order valence-corrected chi connectivity index (χ0v) is 70.7. The molecule has 0 radical (unpaired) electrons. The smallest absolute Gasteiger partial charge is 0.291 e. The van der Waals surface area contributed by atoms with E-state index >= 15 is 0 Å². The summed E-state index contributed by atoms with van der Waals surface area (Å²) in [5, 5.41) is 98.2. The zero-order valence-electron chi connectivity index (χ0n) is 70.7. The number of H-pyrrole nitrogens is 3. The summed E-state index contributed by atoms with van der Waals surface area (Å²) in [6, 6.07) is 37.4. The third kappa shape index (κ3) is 21.9. The van der Waals surface area contributed by atoms with E-state index < -0.39 is 0 Å². The Morgan fingerprint density at radius 3 is 0.824 bits per heavy atom. The van der Waals surface area contributed by atoms with Gasteiger partial charge in [0.25, 0.3) is 36.6 Å². The lowest BCUT2D eigenvalue weighted by Gasteiger charge is -2.25. The summed E-state index contributed by atoms with van der Waals surface area (Å²) in [5.74, 6) is 1.70. The molecule has 0 aromatic carbocycles. The van der Waals surface area contributed by atoms with Gasteiger partial charge in [-0.1, -0.05) is 24.3 Å². The fourth-order valence-corrected chi connectivity index (χ4v) is 15.7. The van der Waals surface area contributed by atoms with E-state index in [0.29, 0.717) is 97.7 Å². The van der Waals surface area contributed by atoms with Crippen molar-refractivity contribution in [2.45, 2.75) is 164 Å². The first-order valence-electron chi connectivity index (χ1n) is 43.0. The van der Waals surface area contributed by atoms with Crippen molar-refractivity contribution in [3.8, 4) is 90.8 Å². The van der Waals surface area contributed by atoms with Gasteiger partial charge >= 0.3 is 0 Å². The largest absolute Gasteiger partial charge is 0.483 e. The number of hydrogen-bond donors (Lipinski definition) is 12. The molecular weight excluding hydrogens is 1680 g/mol. The van der Waals surface area contributed by atoms with Gasteiger partial charge in [-0.25, -0.2) is 0 Å². The summed E-state index contributed by atoms with van der Waals surface area (Å²) < 4.78 is 32.6. The highest BCUT2D eigenvalue weighted by Gasteiger charge is 2.32. The van der Waals surface area contributed by atoms with E-state index in [1.165, 1.54) is 25.7 Å². The van der Waals surface area contributed by atoms with Crippen LogP contribution in [0.15, 0.2) is 238 Å². The lowest BCUT2D eigenvalue weighted by molar-refractivity contribution is -0.123. The zero-order chi connectivity index (χ0) is 90.5. The highest BCUT2D eigenvalue weighted by molar-refractivity contribution is 6.07. The number of nitrogens with one attached hydrogen (secondary N) is 7. The summed E-state index contributed by atoms with van der Waals surface area (Å²) in [4.78, 5) is 86.0. The van der Waals surface area contributed by atoms with Gasteiger partial charge in [0.2, 0.25) is 0 Å². The van der Waals surface area contributed by atoms with E-state index in [1.54, 1.807) is 111 Å². The molecule has 0 bridgehead atoms. The number of pyridine rings is 4. The van der Waals surface area contributed by atoms with Gasteiger partial charge in [-0.2, -0.15) is 40.8 Å². The number of anilines is 4. The SMILES string of the molecule is O=C(Nc1cn(C2CCC(O)CC2)nc1-c1ccccn1)c1ccc(-c2cn[nH]c2)o1.O=C(Nc1cn(C2CCC(O)CC2)nc1-c1ccccn1)c1ccc(-c2cn[nH]c2)o1.O=C(Nc1cn(C2CCC(O)CC2)nc1-c1ccccn1)c1ccc(-c2cn[nH]c2)o1.O=C(Nc1cn(C2CCC2)nc1-c1ccccn1)c1ccc(-c2cnn(C3CCC3)c2)o1.O=CO.O=CO. The molecule has 0 saturated heterocycles. The van der Waals surface area contributed by atoms with Crippen molar-refractivity contribution >= 4 is 59.3 Å². The molecule has 16 heterocycles. The van der Waals surface area contributed by atoms with Crippen LogP contribution in [-0.4, -0.2) is 180 Å². The molecule has 39 nitrogen and oxygen atoms in total. The van der Waals surface area contributed by atoms with E-state index in [9.17, 15) is 34.5 Å². The van der Waals surface area contributed by atoms with E-state index in [4.69, 9.17) is 57.9 Å². The first kappa shape index (κ1) is 88.5. The number of amides is 4. The highest BCUT2D eigenvalue weighted by Crippen LogP contribution is 2.41. The number of aliphatic hydroxyl groups excluding tert-OH is 3. The molecule has 4 amide bonds. The van der Waals surface area contributed by atoms with Gasteiger partial charge in [-0.15, -0.1) is 0 Å². The van der Waals surface area contributed by atoms with Crippen molar-refractivity contribution in [1.82, 2.24) is 99.4 Å². The van der Waals surface area contributed by atoms with Crippen LogP contribution in [0.2, 0.25) is 0 Å². The Bertz CT molecular complexity index is 5910. The molecule has 39 heteroatoms. The Kier molecular flexibility index (Phi) is 28.5. The molecular formula is C92H94N24O15. The maximum absolute atomic E-state index is 13.0. The second-order valence-corrected chi connectivity index (χ2v) is 31.8. The lowest BCUT2D eigenvalue weighted by atomic mass is 9.93. The van der Waals surface area contributed by atoms with Crippen LogP contribution in [0.3, 0.4) is 0 Å². The van der Waals surface area contributed by atoms with Crippen LogP contribution in [0.25, 0.3) is 90.8 Å². The van der Waals surface area contributed by atoms with E-state index in [1.807, 2.05) is 133 Å². The summed E-state index contributed by atoms with van der Waals surface area (Å²) in [5.41, 5.74) is 10.7. The van der Waals surface area contributed by atoms with Gasteiger partial charge in [-0.3, -0.25) is 87.4 Å². The lowest BCUT2D eigenvalue weighted by Crippen LogP contribution is -2.21. The first-order valence-corrected chi connectivity index (χ1v) is 43.0. The fraction of sp³-hybridized carbons (Fsp3) is 0.283. The summed E-state index contributed by atoms with van der Waals surface area (Å²) in [6.07, 6.45) is 43.8. The molecule has 12 N–H and O–H groups in total. The number of furan rings is 4. The topological polar surface area (TPSA) is 531 Å². The van der Waals surface area contributed by atoms with E-state index in [-0.39, 0.29) is 96.1 Å². The number of nitrogens with zero attached hydrogens (tertiary/aromatic N) is 17. The molecule has 672 valence electrons. The molecule has 0 spiro atoms. The van der Waals surface area contributed by atoms with Crippen molar-refractivity contribution in [3.05, 3.63) is 244 Å². The minimum absolute atomic E-state index is 0.174. The van der Waals surface area contributed by atoms with Gasteiger partial charge in [0.1, 0.15) is 45.8 Å². The van der Waals surface area contributed by atoms with E-state index in [2.05, 4.69) is 76.9 Å². The van der Waals surface area contributed by atoms with Gasteiger partial charge in [-0.05, 0) is 213 Å². The van der Waals surface area contributed by atoms with Crippen LogP contribution in [0.5, 0.6) is 0 Å². The minimum Gasteiger partial charge on any atom is -0.483 e. The number of aromatic amines is 3. The predicted octanol–water partition coefficient (Wildman–Crippen LogP) is 15.5. The van der Waals surface area contributed by atoms with Gasteiger partial charge < -0.3 is 64.5 Å². The van der Waals surface area contributed by atoms with Crippen LogP contribution < -0.4 is 21.3 Å². The number of aliphatic hydroxyl groups is 3. The quantitative estimate of drug-likeness (QED) is 0.0297. The van der Waals surface area contributed by atoms with Crippen molar-refractivity contribution in [2.75, 3.05) is 21.3 Å². The Balaban J connectivity index is 0.000000125. The van der Waals surface area contributed by atoms with Crippen molar-refractivity contribution in [2.24, 2.45) is 0 Å². The molecule has 16 aromatic rings. The van der Waals surface area contributed by atoms with Crippen LogP contribution >= 0.6 is 0 Å². The van der Waals surface area contributed by atoms with Gasteiger partial charge in [0.15, 0.2) is 23.0 Å². The third-order valence-electron chi connectivity index (χ3n) is 23.1. The highest BCUT2D eigenvalue weighted by atomic mass is 16.4. The van der Waals surface area contributed by atoms with Crippen LogP contribution in [0.4, 0.5) is 22.7 Å². The van der Waals surface area contributed by atoms with Crippen LogP contribution in [0, 0.1) is 0 Å². The number of hydrogen-bond acceptors (Lipinski definition) is 25. The molecule has 16 aromatic heterocycles. The van der Waals surface area contributed by atoms with E-state index in [0.717, 1.165) is 118 Å². The molecule has 0 atom stereocenters. The van der Waals surface area contributed by atoms with Crippen molar-refractivity contribution in [3.63, 3.8) is 0 Å². The van der Waals surface area contributed by atoms with Crippen LogP contribution in [0.1, 0.15) is 188 Å². The van der Waals surface area contributed by atoms with Crippen molar-refractivity contribution < 1.29 is 72.0 Å². The number of aromatic nitrogens is 20. The van der Waals surface area contributed by atoms with Crippen LogP contribution in [-0.2, 0) is 9.59 Å². The number of carbonyl (C=O) groups is 6. The Morgan fingerprint density at radius 1 is 0.328 bits per heavy atom. The summed E-state index contributed by atoms with van der Waals surface area (Å²) in [7, 11) is 0. The second kappa shape index (κ2) is 42.1. The maximum atomic E-state index is 13.0. The minimum atomic E-state index is -0.370. The second-order valence-electron chi connectivity index (χ2n) is 31.8. The average molecular weight is 1780 g/mol. The average Bonchev–Trinajstić information content (AvgIpc) is 1.66. The summed E-state index contributed by atoms with van der Waals surface area (Å²) in [6.45, 7) is -0.500. The number of carbonyl (C=O) groups excluding carboxylic acids is 4. The number of carboxylic acid groups (broad SMARTS) is 2. The van der Waals surface area contributed by atoms with Crippen molar-refractivity contribution in [1.29, 1.82) is 0 Å².